The van der Waals surface area contributed by atoms with Crippen LogP contribution in [0.4, 0.5) is 0 Å². The molecule has 0 spiro atoms. The van der Waals surface area contributed by atoms with Crippen LogP contribution < -0.4 is 19.5 Å². The minimum atomic E-state index is -0.281. The van der Waals surface area contributed by atoms with E-state index in [0.29, 0.717) is 29.4 Å². The first-order chi connectivity index (χ1) is 13.2. The molecule has 3 rings (SSSR count). The van der Waals surface area contributed by atoms with Crippen molar-refractivity contribution in [3.05, 3.63) is 59.8 Å². The summed E-state index contributed by atoms with van der Waals surface area (Å²) in [5.74, 6) is 2.08. The first-order valence-corrected chi connectivity index (χ1v) is 8.24. The van der Waals surface area contributed by atoms with Gasteiger partial charge >= 0.3 is 0 Å². The smallest absolute Gasteiger partial charge is 0.257 e. The van der Waals surface area contributed by atoms with Gasteiger partial charge in [-0.2, -0.15) is 0 Å². The zero-order chi connectivity index (χ0) is 19.2. The van der Waals surface area contributed by atoms with Crippen LogP contribution in [0, 0.1) is 0 Å². The molecule has 1 heterocycles. The van der Waals surface area contributed by atoms with Gasteiger partial charge in [0.1, 0.15) is 11.3 Å². The maximum atomic E-state index is 12.6. The monoisotopic (exact) mass is 368 g/mol. The molecular formula is C20H20N2O5. The number of aromatic nitrogens is 1. The fourth-order valence-corrected chi connectivity index (χ4v) is 2.62. The molecule has 3 aromatic rings. The van der Waals surface area contributed by atoms with E-state index in [0.717, 1.165) is 16.9 Å². The van der Waals surface area contributed by atoms with Crippen LogP contribution in [0.2, 0.25) is 0 Å². The quantitative estimate of drug-likeness (QED) is 0.689. The molecule has 0 saturated carbocycles. The molecule has 0 saturated heterocycles. The minimum absolute atomic E-state index is 0.281. The summed E-state index contributed by atoms with van der Waals surface area (Å²) in [6.45, 7) is 0.326. The van der Waals surface area contributed by atoms with E-state index in [1.54, 1.807) is 39.5 Å². The number of carbonyl (C=O) groups is 1. The van der Waals surface area contributed by atoms with Gasteiger partial charge < -0.3 is 24.1 Å². The topological polar surface area (TPSA) is 82.8 Å². The lowest BCUT2D eigenvalue weighted by atomic mass is 10.1. The van der Waals surface area contributed by atoms with E-state index in [1.165, 1.54) is 6.20 Å². The molecule has 0 unspecified atom stereocenters. The van der Waals surface area contributed by atoms with Gasteiger partial charge in [-0.25, -0.2) is 0 Å². The van der Waals surface area contributed by atoms with Gasteiger partial charge in [-0.3, -0.25) is 4.79 Å². The molecule has 27 heavy (non-hydrogen) atoms. The van der Waals surface area contributed by atoms with Crippen molar-refractivity contribution in [1.82, 2.24) is 10.5 Å². The second kappa shape index (κ2) is 8.27. The average molecular weight is 368 g/mol. The Labute approximate surface area is 156 Å². The van der Waals surface area contributed by atoms with Crippen LogP contribution in [0.25, 0.3) is 11.3 Å². The number of rotatable bonds is 7. The van der Waals surface area contributed by atoms with Crippen molar-refractivity contribution >= 4 is 5.91 Å². The third kappa shape index (κ3) is 4.03. The van der Waals surface area contributed by atoms with E-state index in [1.807, 2.05) is 24.3 Å². The summed E-state index contributed by atoms with van der Waals surface area (Å²) < 4.78 is 20.9. The summed E-state index contributed by atoms with van der Waals surface area (Å²) in [7, 11) is 4.74. The molecule has 0 atom stereocenters. The van der Waals surface area contributed by atoms with Gasteiger partial charge in [-0.05, 0) is 42.0 Å². The van der Waals surface area contributed by atoms with E-state index in [9.17, 15) is 4.79 Å². The lowest BCUT2D eigenvalue weighted by Gasteiger charge is -2.10. The third-order valence-electron chi connectivity index (χ3n) is 4.07. The van der Waals surface area contributed by atoms with Crippen LogP contribution in [0.1, 0.15) is 15.9 Å². The Hall–Kier alpha value is -3.48. The SMILES string of the molecule is COc1ccc(-c2oncc2C(=O)NCc2ccc(OC)c(OC)c2)cc1. The number of hydrogen-bond donors (Lipinski definition) is 1. The number of methoxy groups -OCH3 is 3. The van der Waals surface area contributed by atoms with Crippen molar-refractivity contribution in [2.45, 2.75) is 6.54 Å². The van der Waals surface area contributed by atoms with Crippen LogP contribution in [-0.4, -0.2) is 32.4 Å². The van der Waals surface area contributed by atoms with E-state index >= 15 is 0 Å². The maximum Gasteiger partial charge on any atom is 0.257 e. The molecule has 0 radical (unpaired) electrons. The lowest BCUT2D eigenvalue weighted by molar-refractivity contribution is 0.0951. The second-order valence-corrected chi connectivity index (χ2v) is 5.67. The zero-order valence-electron chi connectivity index (χ0n) is 15.3. The van der Waals surface area contributed by atoms with Gasteiger partial charge in [0.05, 0.1) is 27.5 Å². The van der Waals surface area contributed by atoms with Crippen LogP contribution in [0.5, 0.6) is 17.2 Å². The normalized spacial score (nSPS) is 10.3. The molecule has 2 aromatic carbocycles. The molecule has 0 aliphatic rings. The summed E-state index contributed by atoms with van der Waals surface area (Å²) in [5, 5.41) is 6.63. The van der Waals surface area contributed by atoms with Crippen molar-refractivity contribution in [3.8, 4) is 28.6 Å². The number of amides is 1. The molecule has 1 aromatic heterocycles. The van der Waals surface area contributed by atoms with Crippen LogP contribution in [0.3, 0.4) is 0 Å². The summed E-state index contributed by atoms with van der Waals surface area (Å²) in [4.78, 5) is 12.6. The summed E-state index contributed by atoms with van der Waals surface area (Å²) in [6.07, 6.45) is 1.41. The first kappa shape index (κ1) is 18.3. The van der Waals surface area contributed by atoms with Gasteiger partial charge in [-0.1, -0.05) is 11.2 Å². The highest BCUT2D eigenvalue weighted by molar-refractivity contribution is 5.99. The van der Waals surface area contributed by atoms with Gasteiger partial charge in [0.15, 0.2) is 17.3 Å². The number of benzene rings is 2. The molecule has 0 fully saturated rings. The molecule has 0 aliphatic carbocycles. The Morgan fingerprint density at radius 3 is 2.41 bits per heavy atom. The highest BCUT2D eigenvalue weighted by Crippen LogP contribution is 2.28. The molecule has 0 bridgehead atoms. The molecule has 1 amide bonds. The molecule has 7 heteroatoms. The van der Waals surface area contributed by atoms with Gasteiger partial charge in [-0.15, -0.1) is 0 Å². The summed E-state index contributed by atoms with van der Waals surface area (Å²) >= 11 is 0. The standard InChI is InChI=1S/C20H20N2O5/c1-24-15-7-5-14(6-8-15)19-16(12-22-27-19)20(23)21-11-13-4-9-17(25-2)18(10-13)26-3/h4-10,12H,11H2,1-3H3,(H,21,23). The van der Waals surface area contributed by atoms with Crippen LogP contribution in [0.15, 0.2) is 53.2 Å². The van der Waals surface area contributed by atoms with Gasteiger partial charge in [0.2, 0.25) is 0 Å². The fourth-order valence-electron chi connectivity index (χ4n) is 2.62. The average Bonchev–Trinajstić information content (AvgIpc) is 3.21. The van der Waals surface area contributed by atoms with Crippen LogP contribution in [-0.2, 0) is 6.54 Å². The fraction of sp³-hybridized carbons (Fsp3) is 0.200. The van der Waals surface area contributed by atoms with Crippen molar-refractivity contribution in [3.63, 3.8) is 0 Å². The van der Waals surface area contributed by atoms with Gasteiger partial charge in [0.25, 0.3) is 5.91 Å². The second-order valence-electron chi connectivity index (χ2n) is 5.67. The predicted octanol–water partition coefficient (Wildman–Crippen LogP) is 3.30. The van der Waals surface area contributed by atoms with E-state index in [4.69, 9.17) is 18.7 Å². The highest BCUT2D eigenvalue weighted by Gasteiger charge is 2.18. The van der Waals surface area contributed by atoms with E-state index in [2.05, 4.69) is 10.5 Å². The van der Waals surface area contributed by atoms with Crippen molar-refractivity contribution in [1.29, 1.82) is 0 Å². The molecule has 1 N–H and O–H groups in total. The Bertz CT molecular complexity index is 918. The Morgan fingerprint density at radius 2 is 1.74 bits per heavy atom. The zero-order valence-corrected chi connectivity index (χ0v) is 15.3. The van der Waals surface area contributed by atoms with E-state index in [-0.39, 0.29) is 5.91 Å². The predicted molar refractivity (Wildman–Crippen MR) is 99.2 cm³/mol. The largest absolute Gasteiger partial charge is 0.497 e. The van der Waals surface area contributed by atoms with Crippen molar-refractivity contribution in [2.24, 2.45) is 0 Å². The van der Waals surface area contributed by atoms with Crippen molar-refractivity contribution < 1.29 is 23.5 Å². The Kier molecular flexibility index (Phi) is 5.61. The van der Waals surface area contributed by atoms with E-state index < -0.39 is 0 Å². The molecule has 7 nitrogen and oxygen atoms in total. The Balaban J connectivity index is 1.73. The minimum Gasteiger partial charge on any atom is -0.497 e. The summed E-state index contributed by atoms with van der Waals surface area (Å²) in [6, 6.07) is 12.7. The lowest BCUT2D eigenvalue weighted by Crippen LogP contribution is -2.22. The van der Waals surface area contributed by atoms with Crippen molar-refractivity contribution in [2.75, 3.05) is 21.3 Å². The number of nitrogens with one attached hydrogen (secondary N) is 1. The van der Waals surface area contributed by atoms with Crippen LogP contribution >= 0.6 is 0 Å². The number of nitrogens with zero attached hydrogens (tertiary/aromatic N) is 1. The third-order valence-corrected chi connectivity index (χ3v) is 4.07. The molecule has 0 aliphatic heterocycles. The first-order valence-electron chi connectivity index (χ1n) is 8.24. The van der Waals surface area contributed by atoms with Gasteiger partial charge in [0, 0.05) is 12.1 Å². The number of carbonyl (C=O) groups excluding carboxylic acids is 1. The molecule has 140 valence electrons. The highest BCUT2D eigenvalue weighted by atomic mass is 16.5. The molecular weight excluding hydrogens is 348 g/mol. The maximum absolute atomic E-state index is 12.6. The number of ether oxygens (including phenoxy) is 3. The summed E-state index contributed by atoms with van der Waals surface area (Å²) in [5.41, 5.74) is 1.98. The Morgan fingerprint density at radius 1 is 1.00 bits per heavy atom. The number of hydrogen-bond acceptors (Lipinski definition) is 6.